The van der Waals surface area contributed by atoms with Crippen molar-refractivity contribution in [2.75, 3.05) is 14.2 Å². The van der Waals surface area contributed by atoms with Crippen LogP contribution in [-0.2, 0) is 0 Å². The van der Waals surface area contributed by atoms with E-state index in [0.29, 0.717) is 22.8 Å². The van der Waals surface area contributed by atoms with Gasteiger partial charge in [0.15, 0.2) is 11.5 Å². The molecule has 0 N–H and O–H groups in total. The Morgan fingerprint density at radius 1 is 1.00 bits per heavy atom. The molecule has 6 nitrogen and oxygen atoms in total. The zero-order chi connectivity index (χ0) is 16.4. The maximum atomic E-state index is 11.3. The van der Waals surface area contributed by atoms with Gasteiger partial charge in [0, 0.05) is 23.0 Å². The van der Waals surface area contributed by atoms with Crippen LogP contribution in [0.3, 0.4) is 0 Å². The summed E-state index contributed by atoms with van der Waals surface area (Å²) < 4.78 is 10.7. The minimum absolute atomic E-state index is 0.0160. The van der Waals surface area contributed by atoms with E-state index in [9.17, 15) is 10.1 Å². The van der Waals surface area contributed by atoms with Crippen molar-refractivity contribution >= 4 is 16.5 Å². The fraction of sp³-hybridized carbons (Fsp3) is 0.118. The van der Waals surface area contributed by atoms with Crippen LogP contribution >= 0.6 is 0 Å². The number of hydrogen-bond donors (Lipinski definition) is 0. The predicted octanol–water partition coefficient (Wildman–Crippen LogP) is 3.83. The molecule has 1 heterocycles. The molecule has 3 rings (SSSR count). The largest absolute Gasteiger partial charge is 0.493 e. The Morgan fingerprint density at radius 3 is 2.48 bits per heavy atom. The van der Waals surface area contributed by atoms with Crippen molar-refractivity contribution < 1.29 is 14.4 Å². The highest BCUT2D eigenvalue weighted by Crippen LogP contribution is 2.40. The lowest BCUT2D eigenvalue weighted by molar-refractivity contribution is -0.384. The molecule has 0 spiro atoms. The van der Waals surface area contributed by atoms with Crippen molar-refractivity contribution in [1.29, 1.82) is 0 Å². The Morgan fingerprint density at radius 2 is 1.78 bits per heavy atom. The molecule has 0 saturated heterocycles. The quantitative estimate of drug-likeness (QED) is 0.541. The number of pyridine rings is 1. The molecule has 0 bridgehead atoms. The third-order valence-electron chi connectivity index (χ3n) is 3.64. The van der Waals surface area contributed by atoms with Crippen molar-refractivity contribution in [3.8, 4) is 22.8 Å². The van der Waals surface area contributed by atoms with Gasteiger partial charge in [-0.2, -0.15) is 0 Å². The lowest BCUT2D eigenvalue weighted by Crippen LogP contribution is -1.96. The molecule has 0 aliphatic rings. The van der Waals surface area contributed by atoms with Crippen molar-refractivity contribution in [3.63, 3.8) is 0 Å². The van der Waals surface area contributed by atoms with Crippen molar-refractivity contribution in [2.45, 2.75) is 0 Å². The van der Waals surface area contributed by atoms with E-state index in [1.165, 1.54) is 6.07 Å². The van der Waals surface area contributed by atoms with Gasteiger partial charge in [0.05, 0.1) is 30.4 Å². The first-order valence-corrected chi connectivity index (χ1v) is 6.91. The molecule has 0 atom stereocenters. The lowest BCUT2D eigenvalue weighted by atomic mass is 10.0. The molecule has 0 radical (unpaired) electrons. The van der Waals surface area contributed by atoms with Crippen molar-refractivity contribution in [3.05, 3.63) is 58.8 Å². The van der Waals surface area contributed by atoms with Gasteiger partial charge < -0.3 is 9.47 Å². The molecule has 3 aromatic rings. The van der Waals surface area contributed by atoms with Crippen LogP contribution in [0.1, 0.15) is 0 Å². The first-order chi connectivity index (χ1) is 11.2. The molecule has 0 saturated carbocycles. The van der Waals surface area contributed by atoms with Crippen LogP contribution in [0.4, 0.5) is 5.69 Å². The second kappa shape index (κ2) is 5.92. The highest BCUT2D eigenvalue weighted by atomic mass is 16.6. The first-order valence-electron chi connectivity index (χ1n) is 6.91. The van der Waals surface area contributed by atoms with E-state index in [1.807, 2.05) is 6.07 Å². The van der Waals surface area contributed by atoms with Gasteiger partial charge >= 0.3 is 0 Å². The number of rotatable bonds is 4. The maximum absolute atomic E-state index is 11.3. The van der Waals surface area contributed by atoms with Gasteiger partial charge in [-0.25, -0.2) is 0 Å². The molecular formula is C17H14N2O4. The van der Waals surface area contributed by atoms with Gasteiger partial charge in [-0.05, 0) is 24.3 Å². The summed E-state index contributed by atoms with van der Waals surface area (Å²) in [4.78, 5) is 15.2. The molecule has 116 valence electrons. The van der Waals surface area contributed by atoms with Crippen LogP contribution in [0.25, 0.3) is 22.0 Å². The number of methoxy groups -OCH3 is 2. The minimum Gasteiger partial charge on any atom is -0.493 e. The molecule has 0 unspecified atom stereocenters. The summed E-state index contributed by atoms with van der Waals surface area (Å²) in [6.45, 7) is 0. The fourth-order valence-corrected chi connectivity index (χ4v) is 2.63. The van der Waals surface area contributed by atoms with E-state index in [1.54, 1.807) is 50.7 Å². The lowest BCUT2D eigenvalue weighted by Gasteiger charge is -2.12. The summed E-state index contributed by atoms with van der Waals surface area (Å²) >= 11 is 0. The summed E-state index contributed by atoms with van der Waals surface area (Å²) in [6, 6.07) is 11.9. The molecule has 0 fully saturated rings. The standard InChI is InChI=1S/C17H14N2O4/c1-22-15-8-7-11-12(17(15)23-2)9-10-18-16(11)13-5-3-4-6-14(13)19(20)21/h3-10H,1-2H3. The van der Waals surface area contributed by atoms with Gasteiger partial charge in [-0.15, -0.1) is 0 Å². The third-order valence-corrected chi connectivity index (χ3v) is 3.64. The van der Waals surface area contributed by atoms with Crippen LogP contribution < -0.4 is 9.47 Å². The predicted molar refractivity (Wildman–Crippen MR) is 86.9 cm³/mol. The average Bonchev–Trinajstić information content (AvgIpc) is 2.59. The maximum Gasteiger partial charge on any atom is 0.278 e. The Hall–Kier alpha value is -3.15. The second-order valence-electron chi connectivity index (χ2n) is 4.83. The Kier molecular flexibility index (Phi) is 3.80. The third kappa shape index (κ3) is 2.44. The number of ether oxygens (including phenoxy) is 2. The highest BCUT2D eigenvalue weighted by molar-refractivity contribution is 6.00. The molecule has 0 aliphatic heterocycles. The summed E-state index contributed by atoms with van der Waals surface area (Å²) in [5.41, 5.74) is 1.02. The molecule has 23 heavy (non-hydrogen) atoms. The fourth-order valence-electron chi connectivity index (χ4n) is 2.63. The van der Waals surface area contributed by atoms with Crippen LogP contribution in [-0.4, -0.2) is 24.1 Å². The summed E-state index contributed by atoms with van der Waals surface area (Å²) in [6.07, 6.45) is 1.61. The van der Waals surface area contributed by atoms with E-state index in [0.717, 1.165) is 10.8 Å². The number of nitro benzene ring substituents is 1. The Labute approximate surface area is 132 Å². The van der Waals surface area contributed by atoms with Crippen molar-refractivity contribution in [1.82, 2.24) is 4.98 Å². The number of hydrogen-bond acceptors (Lipinski definition) is 5. The normalized spacial score (nSPS) is 10.5. The van der Waals surface area contributed by atoms with Gasteiger partial charge in [-0.1, -0.05) is 12.1 Å². The molecule has 0 aliphatic carbocycles. The zero-order valence-electron chi connectivity index (χ0n) is 12.6. The minimum atomic E-state index is -0.406. The number of nitro groups is 1. The molecule has 6 heteroatoms. The van der Waals surface area contributed by atoms with Gasteiger partial charge in [0.1, 0.15) is 0 Å². The number of aromatic nitrogens is 1. The van der Waals surface area contributed by atoms with E-state index in [4.69, 9.17) is 9.47 Å². The number of para-hydroxylation sites is 1. The molecule has 2 aromatic carbocycles. The summed E-state index contributed by atoms with van der Waals surface area (Å²) in [5.74, 6) is 1.17. The van der Waals surface area contributed by atoms with E-state index in [-0.39, 0.29) is 5.69 Å². The van der Waals surface area contributed by atoms with E-state index >= 15 is 0 Å². The Bertz CT molecular complexity index is 893. The number of fused-ring (bicyclic) bond motifs is 1. The van der Waals surface area contributed by atoms with Crippen LogP contribution in [0, 0.1) is 10.1 Å². The van der Waals surface area contributed by atoms with Crippen LogP contribution in [0.2, 0.25) is 0 Å². The second-order valence-corrected chi connectivity index (χ2v) is 4.83. The molecule has 0 amide bonds. The summed E-state index contributed by atoms with van der Waals surface area (Å²) in [7, 11) is 3.12. The van der Waals surface area contributed by atoms with Gasteiger partial charge in [0.2, 0.25) is 0 Å². The monoisotopic (exact) mass is 310 g/mol. The number of nitrogens with zero attached hydrogens (tertiary/aromatic N) is 2. The highest BCUT2D eigenvalue weighted by Gasteiger charge is 2.19. The summed E-state index contributed by atoms with van der Waals surface area (Å²) in [5, 5.41) is 12.8. The van der Waals surface area contributed by atoms with Gasteiger partial charge in [-0.3, -0.25) is 15.1 Å². The van der Waals surface area contributed by atoms with Crippen LogP contribution in [0.5, 0.6) is 11.5 Å². The zero-order valence-corrected chi connectivity index (χ0v) is 12.6. The smallest absolute Gasteiger partial charge is 0.278 e. The van der Waals surface area contributed by atoms with E-state index in [2.05, 4.69) is 4.98 Å². The van der Waals surface area contributed by atoms with Crippen LogP contribution in [0.15, 0.2) is 48.7 Å². The molecule has 1 aromatic heterocycles. The Balaban J connectivity index is 2.34. The number of benzene rings is 2. The topological polar surface area (TPSA) is 74.5 Å². The SMILES string of the molecule is COc1ccc2c(-c3ccccc3[N+](=O)[O-])nccc2c1OC. The average molecular weight is 310 g/mol. The van der Waals surface area contributed by atoms with Gasteiger partial charge in [0.25, 0.3) is 5.69 Å². The van der Waals surface area contributed by atoms with E-state index < -0.39 is 4.92 Å². The molecular weight excluding hydrogens is 296 g/mol. The first kappa shape index (κ1) is 14.8. The van der Waals surface area contributed by atoms with Crippen molar-refractivity contribution in [2.24, 2.45) is 0 Å².